The van der Waals surface area contributed by atoms with Crippen molar-refractivity contribution in [3.63, 3.8) is 0 Å². The molecule has 0 unspecified atom stereocenters. The summed E-state index contributed by atoms with van der Waals surface area (Å²) >= 11 is 0. The minimum absolute atomic E-state index is 0.458. The van der Waals surface area contributed by atoms with Crippen LogP contribution in [0.3, 0.4) is 0 Å². The van der Waals surface area contributed by atoms with Gasteiger partial charge in [-0.1, -0.05) is 46.2 Å². The summed E-state index contributed by atoms with van der Waals surface area (Å²) in [6.45, 7) is 6.27. The van der Waals surface area contributed by atoms with Crippen LogP contribution < -0.4 is 0 Å². The zero-order chi connectivity index (χ0) is 14.1. The molecule has 1 aromatic heterocycles. The fraction of sp³-hybridized carbons (Fsp3) is 0.357. The molecule has 0 saturated heterocycles. The van der Waals surface area contributed by atoms with Crippen molar-refractivity contribution < 1.29 is 4.52 Å². The number of aromatic nitrogens is 1. The Bertz CT molecular complexity index is 522. The van der Waals surface area contributed by atoms with E-state index in [9.17, 15) is 0 Å². The van der Waals surface area contributed by atoms with Gasteiger partial charge < -0.3 is 4.52 Å². The molecule has 1 aromatic carbocycles. The molecule has 0 N–H and O–H groups in total. The summed E-state index contributed by atoms with van der Waals surface area (Å²) in [6.07, 6.45) is 0.700. The monoisotopic (exact) mass is 258 g/mol. The van der Waals surface area contributed by atoms with Gasteiger partial charge in [-0.3, -0.25) is 0 Å². The van der Waals surface area contributed by atoms with Gasteiger partial charge in [-0.05, 0) is 32.7 Å². The lowest BCUT2D eigenvalue weighted by atomic mass is 10.1. The van der Waals surface area contributed by atoms with Crippen LogP contribution in [0.1, 0.15) is 22.6 Å². The summed E-state index contributed by atoms with van der Waals surface area (Å²) in [5, 5.41) is 7.23. The van der Waals surface area contributed by atoms with Crippen LogP contribution in [0.5, 0.6) is 0 Å². The average Bonchev–Trinajstić information content (AvgIpc) is 2.72. The highest BCUT2D eigenvalue weighted by molar-refractivity contribution is 5.20. The largest absolute Gasteiger partial charge is 0.361 e. The minimum Gasteiger partial charge on any atom is -0.361 e. The Morgan fingerprint density at radius 1 is 1.21 bits per heavy atom. The number of nitrogens with zero attached hydrogens (tertiary/aromatic N) is 4. The fourth-order valence-electron chi connectivity index (χ4n) is 1.60. The van der Waals surface area contributed by atoms with Crippen molar-refractivity contribution in [3.8, 4) is 0 Å². The molecule has 100 valence electrons. The molecule has 0 spiro atoms. The lowest BCUT2D eigenvalue weighted by molar-refractivity contribution is 0.392. The molecule has 5 nitrogen and oxygen atoms in total. The van der Waals surface area contributed by atoms with E-state index >= 15 is 0 Å². The Hall–Kier alpha value is -2.26. The Morgan fingerprint density at radius 2 is 1.89 bits per heavy atom. The fourth-order valence-corrected chi connectivity index (χ4v) is 1.60. The number of benzene rings is 1. The molecule has 5 heteroatoms. The molecule has 19 heavy (non-hydrogen) atoms. The summed E-state index contributed by atoms with van der Waals surface area (Å²) in [6, 6.07) is 10.3. The standard InChI is InChI=1S/C7H10N4O.C7H8/c1-5-7(3-4-9-11-8)6(2)12-10-5;1-7-5-3-2-4-6-7/h3-4H2,1-2H3;2-6H,1H3. The smallest absolute Gasteiger partial charge is 0.137 e. The molecular weight excluding hydrogens is 240 g/mol. The lowest BCUT2D eigenvalue weighted by Crippen LogP contribution is -1.91. The first kappa shape index (κ1) is 14.8. The van der Waals surface area contributed by atoms with Crippen molar-refractivity contribution in [1.29, 1.82) is 0 Å². The van der Waals surface area contributed by atoms with Crippen molar-refractivity contribution in [2.45, 2.75) is 27.2 Å². The maximum absolute atomic E-state index is 8.05. The molecule has 0 amide bonds. The highest BCUT2D eigenvalue weighted by Gasteiger charge is 2.06. The third-order valence-electron chi connectivity index (χ3n) is 2.65. The van der Waals surface area contributed by atoms with Crippen LogP contribution in [-0.4, -0.2) is 11.7 Å². The van der Waals surface area contributed by atoms with E-state index < -0.39 is 0 Å². The summed E-state index contributed by atoms with van der Waals surface area (Å²) in [7, 11) is 0. The average molecular weight is 258 g/mol. The van der Waals surface area contributed by atoms with Gasteiger partial charge in [-0.2, -0.15) is 0 Å². The first-order valence-electron chi connectivity index (χ1n) is 6.09. The molecular formula is C14H18N4O. The predicted molar refractivity (Wildman–Crippen MR) is 74.9 cm³/mol. The highest BCUT2D eigenvalue weighted by Crippen LogP contribution is 2.12. The van der Waals surface area contributed by atoms with E-state index in [0.717, 1.165) is 17.0 Å². The van der Waals surface area contributed by atoms with Crippen LogP contribution in [0.4, 0.5) is 0 Å². The SMILES string of the molecule is Cc1ccccc1.Cc1noc(C)c1CCN=[N+]=[N-]. The number of rotatable bonds is 3. The molecule has 0 aliphatic heterocycles. The van der Waals surface area contributed by atoms with Crippen LogP contribution in [0.15, 0.2) is 40.0 Å². The Balaban J connectivity index is 0.000000218. The summed E-state index contributed by atoms with van der Waals surface area (Å²) in [5.74, 6) is 0.806. The van der Waals surface area contributed by atoms with Crippen LogP contribution in [0.25, 0.3) is 10.4 Å². The molecule has 0 saturated carbocycles. The molecule has 2 aromatic rings. The van der Waals surface area contributed by atoms with Crippen LogP contribution in [-0.2, 0) is 6.42 Å². The summed E-state index contributed by atoms with van der Waals surface area (Å²) < 4.78 is 4.94. The van der Waals surface area contributed by atoms with Crippen molar-refractivity contribution in [2.75, 3.05) is 6.54 Å². The van der Waals surface area contributed by atoms with Crippen molar-refractivity contribution in [2.24, 2.45) is 5.11 Å². The Morgan fingerprint density at radius 3 is 2.32 bits per heavy atom. The molecule has 2 rings (SSSR count). The topological polar surface area (TPSA) is 74.8 Å². The van der Waals surface area contributed by atoms with Crippen molar-refractivity contribution >= 4 is 0 Å². The maximum atomic E-state index is 8.05. The lowest BCUT2D eigenvalue weighted by Gasteiger charge is -1.93. The van der Waals surface area contributed by atoms with E-state index in [4.69, 9.17) is 10.1 Å². The molecule has 0 aliphatic rings. The van der Waals surface area contributed by atoms with Crippen LogP contribution in [0.2, 0.25) is 0 Å². The number of hydrogen-bond acceptors (Lipinski definition) is 3. The third-order valence-corrected chi connectivity index (χ3v) is 2.65. The Labute approximate surface area is 112 Å². The summed E-state index contributed by atoms with van der Waals surface area (Å²) in [4.78, 5) is 2.67. The summed E-state index contributed by atoms with van der Waals surface area (Å²) in [5.41, 5.74) is 11.3. The van der Waals surface area contributed by atoms with E-state index in [-0.39, 0.29) is 0 Å². The molecule has 0 radical (unpaired) electrons. The first-order valence-corrected chi connectivity index (χ1v) is 6.09. The number of azide groups is 1. The maximum Gasteiger partial charge on any atom is 0.137 e. The number of hydrogen-bond donors (Lipinski definition) is 0. The third kappa shape index (κ3) is 5.27. The quantitative estimate of drug-likeness (QED) is 0.471. The van der Waals surface area contributed by atoms with E-state index in [1.807, 2.05) is 32.0 Å². The van der Waals surface area contributed by atoms with Crippen molar-refractivity contribution in [3.05, 3.63) is 63.4 Å². The second kappa shape index (κ2) is 7.95. The zero-order valence-corrected chi connectivity index (χ0v) is 11.5. The predicted octanol–water partition coefficient (Wildman–Crippen LogP) is 4.14. The van der Waals surface area contributed by atoms with Gasteiger partial charge in [0, 0.05) is 17.0 Å². The molecule has 0 bridgehead atoms. The first-order chi connectivity index (χ1) is 9.15. The molecule has 0 atom stereocenters. The van der Waals surface area contributed by atoms with Gasteiger partial charge in [0.25, 0.3) is 0 Å². The second-order valence-electron chi connectivity index (χ2n) is 4.16. The van der Waals surface area contributed by atoms with Crippen LogP contribution in [0, 0.1) is 20.8 Å². The molecule has 1 heterocycles. The Kier molecular flexibility index (Phi) is 6.19. The van der Waals surface area contributed by atoms with Crippen molar-refractivity contribution in [1.82, 2.24) is 5.16 Å². The van der Waals surface area contributed by atoms with Gasteiger partial charge in [0.15, 0.2) is 0 Å². The normalized spacial score (nSPS) is 9.21. The molecule has 0 aliphatic carbocycles. The second-order valence-corrected chi connectivity index (χ2v) is 4.16. The van der Waals surface area contributed by atoms with E-state index in [0.29, 0.717) is 13.0 Å². The van der Waals surface area contributed by atoms with Crippen LogP contribution >= 0.6 is 0 Å². The zero-order valence-electron chi connectivity index (χ0n) is 11.5. The van der Waals surface area contributed by atoms with Gasteiger partial charge in [0.05, 0.1) is 5.69 Å². The minimum atomic E-state index is 0.458. The number of aryl methyl sites for hydroxylation is 3. The van der Waals surface area contributed by atoms with Gasteiger partial charge in [-0.25, -0.2) is 0 Å². The van der Waals surface area contributed by atoms with E-state index in [1.165, 1.54) is 5.56 Å². The van der Waals surface area contributed by atoms with E-state index in [2.05, 4.69) is 34.2 Å². The molecule has 0 fully saturated rings. The highest BCUT2D eigenvalue weighted by atomic mass is 16.5. The van der Waals surface area contributed by atoms with E-state index in [1.54, 1.807) is 0 Å². The van der Waals surface area contributed by atoms with Gasteiger partial charge >= 0.3 is 0 Å². The van der Waals surface area contributed by atoms with Gasteiger partial charge in [0.1, 0.15) is 5.76 Å². The van der Waals surface area contributed by atoms with Gasteiger partial charge in [0.2, 0.25) is 0 Å². The van der Waals surface area contributed by atoms with Gasteiger partial charge in [-0.15, -0.1) is 0 Å².